The molecule has 30 heavy (non-hydrogen) atoms. The van der Waals surface area contributed by atoms with Gasteiger partial charge in [0.25, 0.3) is 0 Å². The lowest BCUT2D eigenvalue weighted by atomic mass is 9.93. The monoisotopic (exact) mass is 402 g/mol. The summed E-state index contributed by atoms with van der Waals surface area (Å²) in [5.41, 5.74) is 11.7. The largest absolute Gasteiger partial charge is 0.398 e. The molecule has 1 saturated heterocycles. The van der Waals surface area contributed by atoms with Crippen LogP contribution >= 0.6 is 0 Å². The van der Waals surface area contributed by atoms with Gasteiger partial charge in [-0.2, -0.15) is 0 Å². The number of nitrogens with two attached hydrogens (primary N) is 1. The molecule has 0 spiro atoms. The van der Waals surface area contributed by atoms with E-state index < -0.39 is 0 Å². The third-order valence-electron chi connectivity index (χ3n) is 6.42. The quantitative estimate of drug-likeness (QED) is 0.561. The van der Waals surface area contributed by atoms with Crippen molar-refractivity contribution in [2.24, 2.45) is 0 Å². The van der Waals surface area contributed by atoms with Crippen LogP contribution in [0.2, 0.25) is 0 Å². The van der Waals surface area contributed by atoms with E-state index in [1.165, 1.54) is 43.4 Å². The molecule has 6 heteroatoms. The molecular formula is C24H30N6. The topological polar surface area (TPSA) is 79.1 Å². The third-order valence-corrected chi connectivity index (χ3v) is 6.42. The van der Waals surface area contributed by atoms with E-state index in [9.17, 15) is 0 Å². The van der Waals surface area contributed by atoms with Crippen LogP contribution in [-0.4, -0.2) is 36.1 Å². The molecule has 1 aromatic heterocycles. The summed E-state index contributed by atoms with van der Waals surface area (Å²) in [6.45, 7) is 4.28. The molecule has 4 N–H and O–H groups in total. The fraction of sp³-hybridized carbons (Fsp3) is 0.417. The van der Waals surface area contributed by atoms with Crippen molar-refractivity contribution in [1.82, 2.24) is 15.3 Å². The SMILES string of the molecule is Nc1ccc2cnc(Nc3ccc(N4CCCNCC4)cc3)nc2c1C1CCCC1. The van der Waals surface area contributed by atoms with Gasteiger partial charge in [-0.3, -0.25) is 0 Å². The lowest BCUT2D eigenvalue weighted by Crippen LogP contribution is -2.27. The van der Waals surface area contributed by atoms with Crippen molar-refractivity contribution in [2.75, 3.05) is 42.1 Å². The Labute approximate surface area is 177 Å². The summed E-state index contributed by atoms with van der Waals surface area (Å²) >= 11 is 0. The van der Waals surface area contributed by atoms with Crippen LogP contribution < -0.4 is 21.3 Å². The van der Waals surface area contributed by atoms with Crippen LogP contribution in [0.3, 0.4) is 0 Å². The van der Waals surface area contributed by atoms with Crippen LogP contribution in [0.1, 0.15) is 43.6 Å². The first-order valence-corrected chi connectivity index (χ1v) is 11.2. The number of aromatic nitrogens is 2. The molecule has 0 radical (unpaired) electrons. The van der Waals surface area contributed by atoms with Crippen molar-refractivity contribution in [3.8, 4) is 0 Å². The molecular weight excluding hydrogens is 372 g/mol. The highest BCUT2D eigenvalue weighted by Gasteiger charge is 2.22. The van der Waals surface area contributed by atoms with Crippen molar-refractivity contribution < 1.29 is 0 Å². The smallest absolute Gasteiger partial charge is 0.227 e. The zero-order valence-electron chi connectivity index (χ0n) is 17.4. The number of rotatable bonds is 4. The summed E-state index contributed by atoms with van der Waals surface area (Å²) in [4.78, 5) is 11.9. The van der Waals surface area contributed by atoms with Gasteiger partial charge < -0.3 is 21.3 Å². The van der Waals surface area contributed by atoms with Crippen molar-refractivity contribution in [3.63, 3.8) is 0 Å². The Kier molecular flexibility index (Phi) is 5.41. The van der Waals surface area contributed by atoms with Crippen LogP contribution in [0.4, 0.5) is 23.0 Å². The van der Waals surface area contributed by atoms with Gasteiger partial charge in [0.1, 0.15) is 0 Å². The van der Waals surface area contributed by atoms with Gasteiger partial charge in [0.2, 0.25) is 5.95 Å². The molecule has 2 fully saturated rings. The minimum Gasteiger partial charge on any atom is -0.398 e. The highest BCUT2D eigenvalue weighted by Crippen LogP contribution is 2.40. The Morgan fingerprint density at radius 1 is 0.967 bits per heavy atom. The second-order valence-electron chi connectivity index (χ2n) is 8.44. The minimum atomic E-state index is 0.513. The highest BCUT2D eigenvalue weighted by atomic mass is 15.2. The van der Waals surface area contributed by atoms with Crippen LogP contribution in [0.25, 0.3) is 10.9 Å². The molecule has 2 aliphatic rings. The average molecular weight is 403 g/mol. The predicted octanol–water partition coefficient (Wildman–Crippen LogP) is 4.41. The van der Waals surface area contributed by atoms with E-state index >= 15 is 0 Å². The molecule has 1 saturated carbocycles. The zero-order chi connectivity index (χ0) is 20.3. The molecule has 0 atom stereocenters. The molecule has 3 aromatic rings. The number of benzene rings is 2. The lowest BCUT2D eigenvalue weighted by molar-refractivity contribution is 0.724. The summed E-state index contributed by atoms with van der Waals surface area (Å²) < 4.78 is 0. The van der Waals surface area contributed by atoms with Gasteiger partial charge in [0.15, 0.2) is 0 Å². The maximum Gasteiger partial charge on any atom is 0.227 e. The number of nitrogens with zero attached hydrogens (tertiary/aromatic N) is 3. The highest BCUT2D eigenvalue weighted by molar-refractivity contribution is 5.87. The molecule has 1 aliphatic heterocycles. The normalized spacial score (nSPS) is 17.9. The summed E-state index contributed by atoms with van der Waals surface area (Å²) in [6.07, 6.45) is 8.03. The second kappa shape index (κ2) is 8.48. The van der Waals surface area contributed by atoms with E-state index in [1.54, 1.807) is 0 Å². The molecule has 156 valence electrons. The molecule has 6 nitrogen and oxygen atoms in total. The molecule has 2 aromatic carbocycles. The first-order valence-electron chi connectivity index (χ1n) is 11.2. The minimum absolute atomic E-state index is 0.513. The number of anilines is 4. The van der Waals surface area contributed by atoms with Crippen molar-refractivity contribution >= 4 is 33.9 Å². The second-order valence-corrected chi connectivity index (χ2v) is 8.44. The molecule has 0 bridgehead atoms. The average Bonchev–Trinajstić information content (AvgIpc) is 3.15. The van der Waals surface area contributed by atoms with Crippen molar-refractivity contribution in [1.29, 1.82) is 0 Å². The zero-order valence-corrected chi connectivity index (χ0v) is 17.4. The first kappa shape index (κ1) is 19.1. The summed E-state index contributed by atoms with van der Waals surface area (Å²) in [5, 5.41) is 7.89. The van der Waals surface area contributed by atoms with Gasteiger partial charge in [-0.25, -0.2) is 9.97 Å². The van der Waals surface area contributed by atoms with Crippen LogP contribution in [0.15, 0.2) is 42.6 Å². The maximum atomic E-state index is 6.38. The molecule has 2 heterocycles. The van der Waals surface area contributed by atoms with Gasteiger partial charge in [-0.15, -0.1) is 0 Å². The Morgan fingerprint density at radius 2 is 1.80 bits per heavy atom. The van der Waals surface area contributed by atoms with Gasteiger partial charge in [0, 0.05) is 53.8 Å². The Balaban J connectivity index is 1.39. The number of fused-ring (bicyclic) bond motifs is 1. The van der Waals surface area contributed by atoms with E-state index in [0.29, 0.717) is 11.9 Å². The van der Waals surface area contributed by atoms with E-state index in [1.807, 2.05) is 18.3 Å². The Hall–Kier alpha value is -2.86. The van der Waals surface area contributed by atoms with E-state index in [2.05, 4.69) is 44.8 Å². The summed E-state index contributed by atoms with van der Waals surface area (Å²) in [5.74, 6) is 1.14. The number of hydrogen-bond acceptors (Lipinski definition) is 6. The molecule has 5 rings (SSSR count). The Bertz CT molecular complexity index is 1000. The van der Waals surface area contributed by atoms with Crippen LogP contribution in [0.5, 0.6) is 0 Å². The lowest BCUT2D eigenvalue weighted by Gasteiger charge is -2.22. The Morgan fingerprint density at radius 3 is 2.63 bits per heavy atom. The van der Waals surface area contributed by atoms with Gasteiger partial charge in [-0.05, 0) is 68.1 Å². The molecule has 0 unspecified atom stereocenters. The number of nitrogens with one attached hydrogen (secondary N) is 2. The van der Waals surface area contributed by atoms with Crippen LogP contribution in [0, 0.1) is 0 Å². The summed E-state index contributed by atoms with van der Waals surface area (Å²) in [7, 11) is 0. The fourth-order valence-electron chi connectivity index (χ4n) is 4.83. The van der Waals surface area contributed by atoms with Crippen molar-refractivity contribution in [3.05, 3.63) is 48.2 Å². The number of nitrogen functional groups attached to an aromatic ring is 1. The third kappa shape index (κ3) is 3.92. The fourth-order valence-corrected chi connectivity index (χ4v) is 4.83. The van der Waals surface area contributed by atoms with Crippen molar-refractivity contribution in [2.45, 2.75) is 38.0 Å². The first-order chi connectivity index (χ1) is 14.8. The van der Waals surface area contributed by atoms with Crippen LogP contribution in [-0.2, 0) is 0 Å². The summed E-state index contributed by atoms with van der Waals surface area (Å²) in [6, 6.07) is 12.6. The standard InChI is InChI=1S/C24H30N6/c25-21-11-6-18-16-27-24(29-23(18)22(21)17-4-1-2-5-17)28-19-7-9-20(10-8-19)30-14-3-12-26-13-15-30/h6-11,16-17,26H,1-5,12-15,25H2,(H,27,28,29). The predicted molar refractivity (Wildman–Crippen MR) is 125 cm³/mol. The number of hydrogen-bond donors (Lipinski definition) is 3. The van der Waals surface area contributed by atoms with Gasteiger partial charge in [0.05, 0.1) is 5.52 Å². The maximum absolute atomic E-state index is 6.38. The van der Waals surface area contributed by atoms with Gasteiger partial charge in [-0.1, -0.05) is 12.8 Å². The van der Waals surface area contributed by atoms with E-state index in [0.717, 1.165) is 48.5 Å². The van der Waals surface area contributed by atoms with E-state index in [-0.39, 0.29) is 0 Å². The molecule has 0 amide bonds. The van der Waals surface area contributed by atoms with E-state index in [4.69, 9.17) is 10.7 Å². The van der Waals surface area contributed by atoms with Gasteiger partial charge >= 0.3 is 0 Å². The molecule has 1 aliphatic carbocycles.